The van der Waals surface area contributed by atoms with Crippen LogP contribution in [-0.2, 0) is 13.0 Å². The van der Waals surface area contributed by atoms with Crippen LogP contribution < -0.4 is 10.6 Å². The second-order valence-electron chi connectivity index (χ2n) is 9.06. The molecule has 1 fully saturated rings. The predicted octanol–water partition coefficient (Wildman–Crippen LogP) is 1.68. The summed E-state index contributed by atoms with van der Waals surface area (Å²) in [5.41, 5.74) is 2.08. The first-order chi connectivity index (χ1) is 16.3. The zero-order valence-corrected chi connectivity index (χ0v) is 20.1. The molecule has 3 heterocycles. The summed E-state index contributed by atoms with van der Waals surface area (Å²) in [6.45, 7) is 1.67. The molecule has 5 rings (SSSR count). The van der Waals surface area contributed by atoms with Crippen LogP contribution >= 0.6 is 22.9 Å². The van der Waals surface area contributed by atoms with Gasteiger partial charge in [0.1, 0.15) is 5.69 Å². The van der Waals surface area contributed by atoms with Gasteiger partial charge in [0, 0.05) is 40.3 Å². The Bertz CT molecular complexity index is 1240. The average Bonchev–Trinajstić information content (AvgIpc) is 3.40. The van der Waals surface area contributed by atoms with Crippen LogP contribution in [0.15, 0.2) is 24.3 Å². The molecular formula is C23H26ClN5O4S. The van der Waals surface area contributed by atoms with Crippen molar-refractivity contribution in [1.82, 2.24) is 25.5 Å². The van der Waals surface area contributed by atoms with Gasteiger partial charge in [-0.25, -0.2) is 4.98 Å². The molecule has 5 N–H and O–H groups in total. The van der Waals surface area contributed by atoms with E-state index in [0.717, 1.165) is 41.0 Å². The molecule has 0 bridgehead atoms. The Morgan fingerprint density at radius 1 is 1.15 bits per heavy atom. The first kappa shape index (κ1) is 23.3. The normalized spacial score (nSPS) is 25.2. The van der Waals surface area contributed by atoms with Crippen molar-refractivity contribution in [3.05, 3.63) is 50.6 Å². The van der Waals surface area contributed by atoms with Gasteiger partial charge in [0.15, 0.2) is 5.01 Å². The minimum atomic E-state index is -0.998. The van der Waals surface area contributed by atoms with E-state index < -0.39 is 24.3 Å². The number of H-pyrrole nitrogens is 1. The van der Waals surface area contributed by atoms with E-state index in [9.17, 15) is 19.8 Å². The Morgan fingerprint density at radius 3 is 2.59 bits per heavy atom. The summed E-state index contributed by atoms with van der Waals surface area (Å²) < 4.78 is 0. The highest BCUT2D eigenvalue weighted by Crippen LogP contribution is 2.26. The van der Waals surface area contributed by atoms with E-state index in [-0.39, 0.29) is 24.7 Å². The fourth-order valence-corrected chi connectivity index (χ4v) is 5.88. The van der Waals surface area contributed by atoms with Gasteiger partial charge in [-0.3, -0.25) is 9.59 Å². The average molecular weight is 504 g/mol. The summed E-state index contributed by atoms with van der Waals surface area (Å²) >= 11 is 7.41. The van der Waals surface area contributed by atoms with Gasteiger partial charge >= 0.3 is 0 Å². The Balaban J connectivity index is 1.31. The molecule has 0 radical (unpaired) electrons. The van der Waals surface area contributed by atoms with Gasteiger partial charge in [-0.2, -0.15) is 0 Å². The van der Waals surface area contributed by atoms with E-state index in [1.54, 1.807) is 24.3 Å². The number of hydrogen-bond acceptors (Lipinski definition) is 7. The maximum atomic E-state index is 13.0. The van der Waals surface area contributed by atoms with Gasteiger partial charge in [0.2, 0.25) is 0 Å². The van der Waals surface area contributed by atoms with Crippen molar-refractivity contribution >= 4 is 45.7 Å². The van der Waals surface area contributed by atoms with Crippen LogP contribution in [0.4, 0.5) is 0 Å². The lowest BCUT2D eigenvalue weighted by Crippen LogP contribution is -2.59. The maximum absolute atomic E-state index is 13.0. The Kier molecular flexibility index (Phi) is 6.34. The molecule has 34 heavy (non-hydrogen) atoms. The van der Waals surface area contributed by atoms with Gasteiger partial charge in [0.25, 0.3) is 11.8 Å². The summed E-state index contributed by atoms with van der Waals surface area (Å²) in [4.78, 5) is 36.8. The third-order valence-electron chi connectivity index (χ3n) is 6.50. The molecule has 11 heteroatoms. The first-order valence-corrected chi connectivity index (χ1v) is 12.4. The zero-order valence-electron chi connectivity index (χ0n) is 18.5. The number of benzene rings is 1. The number of nitrogens with one attached hydrogen (secondary N) is 3. The predicted molar refractivity (Wildman–Crippen MR) is 129 cm³/mol. The van der Waals surface area contributed by atoms with Crippen molar-refractivity contribution < 1.29 is 19.8 Å². The summed E-state index contributed by atoms with van der Waals surface area (Å²) in [6, 6.07) is 5.88. The number of fused-ring (bicyclic) bond motifs is 2. The van der Waals surface area contributed by atoms with Gasteiger partial charge in [0.05, 0.1) is 30.0 Å². The fourth-order valence-electron chi connectivity index (χ4n) is 4.60. The quantitative estimate of drug-likeness (QED) is 0.368. The molecule has 1 saturated carbocycles. The van der Waals surface area contributed by atoms with Crippen molar-refractivity contribution in [2.24, 2.45) is 0 Å². The van der Waals surface area contributed by atoms with E-state index in [1.807, 2.05) is 7.05 Å². The third-order valence-corrected chi connectivity index (χ3v) is 7.81. The number of aromatic nitrogens is 2. The number of aromatic amines is 1. The highest BCUT2D eigenvalue weighted by Gasteiger charge is 2.38. The van der Waals surface area contributed by atoms with E-state index in [1.165, 1.54) is 11.3 Å². The van der Waals surface area contributed by atoms with Crippen LogP contribution in [0.25, 0.3) is 10.9 Å². The first-order valence-electron chi connectivity index (χ1n) is 11.2. The molecule has 0 saturated heterocycles. The molecular weight excluding hydrogens is 478 g/mol. The molecule has 4 atom stereocenters. The molecule has 1 aromatic carbocycles. The number of amides is 2. The van der Waals surface area contributed by atoms with Crippen LogP contribution in [-0.4, -0.2) is 74.8 Å². The maximum Gasteiger partial charge on any atom is 0.280 e. The topological polar surface area (TPSA) is 131 Å². The van der Waals surface area contributed by atoms with Gasteiger partial charge in [-0.1, -0.05) is 11.6 Å². The molecule has 3 unspecified atom stereocenters. The minimum absolute atomic E-state index is 0.114. The van der Waals surface area contributed by atoms with Crippen LogP contribution in [0, 0.1) is 0 Å². The van der Waals surface area contributed by atoms with E-state index in [4.69, 9.17) is 11.6 Å². The summed E-state index contributed by atoms with van der Waals surface area (Å²) in [6.07, 6.45) is -0.954. The molecule has 1 aliphatic carbocycles. The highest BCUT2D eigenvalue weighted by atomic mass is 35.5. The minimum Gasteiger partial charge on any atom is -0.390 e. The molecule has 2 aliphatic rings. The van der Waals surface area contributed by atoms with Crippen LogP contribution in [0.2, 0.25) is 5.02 Å². The fraction of sp³-hybridized carbons (Fsp3) is 0.435. The zero-order chi connectivity index (χ0) is 24.0. The number of carbonyl (C=O) groups excluding carboxylic acids is 2. The molecule has 1 aliphatic heterocycles. The van der Waals surface area contributed by atoms with Crippen molar-refractivity contribution in [3.8, 4) is 0 Å². The summed E-state index contributed by atoms with van der Waals surface area (Å²) in [7, 11) is 2.03. The SMILES string of the molecule is CN1CCc2nc(C(=O)NC3CC(O)[C@H](O)CC3NC(=O)c3cc4cc(Cl)ccc4[nH]3)sc2C1. The van der Waals surface area contributed by atoms with Crippen LogP contribution in [0.1, 0.15) is 43.7 Å². The molecule has 180 valence electrons. The summed E-state index contributed by atoms with van der Waals surface area (Å²) in [5.74, 6) is -0.706. The molecule has 2 amide bonds. The van der Waals surface area contributed by atoms with Crippen LogP contribution in [0.5, 0.6) is 0 Å². The third kappa shape index (κ3) is 4.69. The second kappa shape index (κ2) is 9.27. The monoisotopic (exact) mass is 503 g/mol. The Hall–Kier alpha value is -2.50. The van der Waals surface area contributed by atoms with Crippen molar-refractivity contribution in [2.75, 3.05) is 13.6 Å². The van der Waals surface area contributed by atoms with Crippen molar-refractivity contribution in [1.29, 1.82) is 0 Å². The molecule has 9 nitrogen and oxygen atoms in total. The van der Waals surface area contributed by atoms with Crippen LogP contribution in [0.3, 0.4) is 0 Å². The smallest absolute Gasteiger partial charge is 0.280 e. The summed E-state index contributed by atoms with van der Waals surface area (Å²) in [5, 5.41) is 28.1. The molecule has 3 aromatic rings. The number of carbonyl (C=O) groups is 2. The second-order valence-corrected chi connectivity index (χ2v) is 10.6. The number of likely N-dealkylation sites (N-methyl/N-ethyl adjacent to an activating group) is 1. The van der Waals surface area contributed by atoms with E-state index in [2.05, 4.69) is 25.5 Å². The number of aliphatic hydroxyl groups excluding tert-OH is 2. The lowest BCUT2D eigenvalue weighted by molar-refractivity contribution is -0.0275. The Labute approximate surface area is 205 Å². The number of hydrogen-bond donors (Lipinski definition) is 5. The number of halogens is 1. The Morgan fingerprint density at radius 2 is 1.85 bits per heavy atom. The number of nitrogens with zero attached hydrogens (tertiary/aromatic N) is 2. The number of rotatable bonds is 4. The van der Waals surface area contributed by atoms with E-state index >= 15 is 0 Å². The lowest BCUT2D eigenvalue weighted by atomic mass is 9.86. The lowest BCUT2D eigenvalue weighted by Gasteiger charge is -2.37. The molecule has 0 spiro atoms. The number of aliphatic hydroxyl groups is 2. The largest absolute Gasteiger partial charge is 0.390 e. The van der Waals surface area contributed by atoms with E-state index in [0.29, 0.717) is 15.7 Å². The highest BCUT2D eigenvalue weighted by molar-refractivity contribution is 7.13. The van der Waals surface area contributed by atoms with Crippen molar-refractivity contribution in [2.45, 2.75) is 50.1 Å². The number of thiazole rings is 1. The van der Waals surface area contributed by atoms with Gasteiger partial charge in [-0.15, -0.1) is 11.3 Å². The van der Waals surface area contributed by atoms with Crippen molar-refractivity contribution in [3.63, 3.8) is 0 Å². The standard InChI is InChI=1S/C23H26ClN5O4S/c1-29-5-4-14-20(10-29)34-23(28-14)22(33)27-16-9-19(31)18(30)8-15(16)26-21(32)17-7-11-6-12(24)2-3-13(11)25-17/h2-3,6-7,15-16,18-19,25,30-31H,4-5,8-10H2,1H3,(H,26,32)(H,27,33)/t15?,16?,18-,19?/m1/s1. The molecule has 2 aromatic heterocycles. The van der Waals surface area contributed by atoms with Gasteiger partial charge in [-0.05, 0) is 44.2 Å². The van der Waals surface area contributed by atoms with Gasteiger partial charge < -0.3 is 30.7 Å².